The molecule has 0 aromatic rings. The van der Waals surface area contributed by atoms with Crippen LogP contribution in [0.1, 0.15) is 26.2 Å². The van der Waals surface area contributed by atoms with Gasteiger partial charge < -0.3 is 10.9 Å². The summed E-state index contributed by atoms with van der Waals surface area (Å²) in [7, 11) is 0. The van der Waals surface area contributed by atoms with Crippen LogP contribution in [0.25, 0.3) is 0 Å². The maximum Gasteiger partial charge on any atom is 0.206 e. The number of nitrogens with zero attached hydrogens (tertiary/aromatic N) is 1. The molecular formula is C6H12N2O2. The number of nitrogens with two attached hydrogens (primary N) is 1. The molecule has 0 aliphatic heterocycles. The van der Waals surface area contributed by atoms with Crippen molar-refractivity contribution in [2.24, 2.45) is 10.9 Å². The lowest BCUT2D eigenvalue weighted by Crippen LogP contribution is -2.23. The van der Waals surface area contributed by atoms with E-state index >= 15 is 0 Å². The molecule has 0 amide bonds. The second kappa shape index (κ2) is 4.78. The van der Waals surface area contributed by atoms with Crippen LogP contribution < -0.4 is 5.73 Å². The zero-order chi connectivity index (χ0) is 7.98. The standard InChI is InChI=1S/C6H12N2O2/c1-2-3-4-5(9)6(7)8-10/h10H,2-4H2,1H3,(H2,7,8). The molecule has 0 atom stereocenters. The number of hydrogen-bond acceptors (Lipinski definition) is 3. The number of carbonyl (C=O) groups is 1. The molecular weight excluding hydrogens is 132 g/mol. The van der Waals surface area contributed by atoms with E-state index in [2.05, 4.69) is 5.16 Å². The molecule has 0 fully saturated rings. The highest BCUT2D eigenvalue weighted by molar-refractivity contribution is 6.37. The SMILES string of the molecule is CCCCC(=O)C(N)=NO. The Balaban J connectivity index is 3.63. The van der Waals surface area contributed by atoms with Gasteiger partial charge in [-0.3, -0.25) is 4.79 Å². The zero-order valence-electron chi connectivity index (χ0n) is 6.00. The number of amidine groups is 1. The Morgan fingerprint density at radius 2 is 2.30 bits per heavy atom. The van der Waals surface area contributed by atoms with Gasteiger partial charge in [-0.1, -0.05) is 18.5 Å². The lowest BCUT2D eigenvalue weighted by molar-refractivity contribution is -0.113. The highest BCUT2D eigenvalue weighted by Crippen LogP contribution is 1.94. The maximum atomic E-state index is 10.7. The molecule has 0 aliphatic rings. The fourth-order valence-corrected chi connectivity index (χ4v) is 0.521. The van der Waals surface area contributed by atoms with Crippen LogP contribution in [0, 0.1) is 0 Å². The summed E-state index contributed by atoms with van der Waals surface area (Å²) in [5.41, 5.74) is 5.01. The Morgan fingerprint density at radius 1 is 1.70 bits per heavy atom. The lowest BCUT2D eigenvalue weighted by Gasteiger charge is -1.94. The molecule has 58 valence electrons. The monoisotopic (exact) mass is 144 g/mol. The molecule has 3 N–H and O–H groups in total. The molecule has 0 bridgehead atoms. The third-order valence-corrected chi connectivity index (χ3v) is 1.15. The quantitative estimate of drug-likeness (QED) is 0.261. The van der Waals surface area contributed by atoms with Crippen LogP contribution in [-0.4, -0.2) is 16.8 Å². The molecule has 4 heteroatoms. The number of unbranched alkanes of at least 4 members (excludes halogenated alkanes) is 1. The molecule has 4 nitrogen and oxygen atoms in total. The minimum Gasteiger partial charge on any atom is -0.409 e. The van der Waals surface area contributed by atoms with E-state index in [0.717, 1.165) is 12.8 Å². The summed E-state index contributed by atoms with van der Waals surface area (Å²) in [6.45, 7) is 1.97. The molecule has 0 rings (SSSR count). The van der Waals surface area contributed by atoms with E-state index in [1.165, 1.54) is 0 Å². The topological polar surface area (TPSA) is 75.7 Å². The average molecular weight is 144 g/mol. The van der Waals surface area contributed by atoms with Crippen molar-refractivity contribution in [2.45, 2.75) is 26.2 Å². The Kier molecular flexibility index (Phi) is 4.28. The van der Waals surface area contributed by atoms with Gasteiger partial charge in [0, 0.05) is 6.42 Å². The fraction of sp³-hybridized carbons (Fsp3) is 0.667. The van der Waals surface area contributed by atoms with Gasteiger partial charge in [0.05, 0.1) is 0 Å². The molecule has 0 saturated carbocycles. The normalized spacial score (nSPS) is 11.5. The van der Waals surface area contributed by atoms with Crippen LogP contribution in [0.5, 0.6) is 0 Å². The first kappa shape index (κ1) is 8.94. The fourth-order valence-electron chi connectivity index (χ4n) is 0.521. The second-order valence-electron chi connectivity index (χ2n) is 2.01. The van der Waals surface area contributed by atoms with Crippen molar-refractivity contribution in [2.75, 3.05) is 0 Å². The first-order valence-corrected chi connectivity index (χ1v) is 3.23. The van der Waals surface area contributed by atoms with Gasteiger partial charge in [-0.05, 0) is 6.42 Å². The zero-order valence-corrected chi connectivity index (χ0v) is 6.00. The largest absolute Gasteiger partial charge is 0.409 e. The summed E-state index contributed by atoms with van der Waals surface area (Å²) in [6, 6.07) is 0. The minimum absolute atomic E-state index is 0.288. The molecule has 0 saturated heterocycles. The molecule has 0 spiro atoms. The summed E-state index contributed by atoms with van der Waals surface area (Å²) in [5.74, 6) is -0.585. The van der Waals surface area contributed by atoms with Crippen molar-refractivity contribution in [3.63, 3.8) is 0 Å². The van der Waals surface area contributed by atoms with E-state index in [1.807, 2.05) is 6.92 Å². The smallest absolute Gasteiger partial charge is 0.206 e. The van der Waals surface area contributed by atoms with E-state index in [9.17, 15) is 4.79 Å². The van der Waals surface area contributed by atoms with Crippen LogP contribution in [-0.2, 0) is 4.79 Å². The summed E-state index contributed by atoms with van der Waals surface area (Å²) >= 11 is 0. The van der Waals surface area contributed by atoms with E-state index in [1.54, 1.807) is 0 Å². The molecule has 0 aromatic carbocycles. The maximum absolute atomic E-state index is 10.7. The average Bonchev–Trinajstić information content (AvgIpc) is 1.98. The highest BCUT2D eigenvalue weighted by Gasteiger charge is 2.05. The highest BCUT2D eigenvalue weighted by atomic mass is 16.4. The first-order valence-electron chi connectivity index (χ1n) is 3.23. The van der Waals surface area contributed by atoms with Gasteiger partial charge >= 0.3 is 0 Å². The number of oxime groups is 1. The summed E-state index contributed by atoms with van der Waals surface area (Å²) in [5, 5.41) is 10.6. The van der Waals surface area contributed by atoms with E-state index in [4.69, 9.17) is 10.9 Å². The Labute approximate surface area is 59.7 Å². The molecule has 0 aromatic heterocycles. The number of hydrogen-bond donors (Lipinski definition) is 2. The van der Waals surface area contributed by atoms with Crippen molar-refractivity contribution < 1.29 is 10.0 Å². The predicted octanol–water partition coefficient (Wildman–Crippen LogP) is 0.492. The number of Topliss-reactive ketones (excluding diaryl/α,β-unsaturated/α-hetero) is 1. The van der Waals surface area contributed by atoms with Crippen LogP contribution in [0.15, 0.2) is 5.16 Å². The molecule has 0 radical (unpaired) electrons. The number of rotatable bonds is 4. The van der Waals surface area contributed by atoms with Gasteiger partial charge in [0.2, 0.25) is 11.6 Å². The molecule has 0 heterocycles. The first-order chi connectivity index (χ1) is 4.72. The Morgan fingerprint density at radius 3 is 2.70 bits per heavy atom. The lowest BCUT2D eigenvalue weighted by atomic mass is 10.2. The van der Waals surface area contributed by atoms with Crippen LogP contribution >= 0.6 is 0 Å². The minimum atomic E-state index is -0.298. The van der Waals surface area contributed by atoms with Crippen molar-refractivity contribution in [1.82, 2.24) is 0 Å². The van der Waals surface area contributed by atoms with Crippen molar-refractivity contribution in [1.29, 1.82) is 0 Å². The van der Waals surface area contributed by atoms with Crippen LogP contribution in [0.3, 0.4) is 0 Å². The molecule has 0 unspecified atom stereocenters. The van der Waals surface area contributed by atoms with Crippen LogP contribution in [0.4, 0.5) is 0 Å². The summed E-state index contributed by atoms with van der Waals surface area (Å²) < 4.78 is 0. The van der Waals surface area contributed by atoms with Gasteiger partial charge in [-0.25, -0.2) is 0 Å². The summed E-state index contributed by atoms with van der Waals surface area (Å²) in [6.07, 6.45) is 2.09. The second-order valence-corrected chi connectivity index (χ2v) is 2.01. The van der Waals surface area contributed by atoms with Gasteiger partial charge in [0.1, 0.15) is 0 Å². The van der Waals surface area contributed by atoms with Crippen LogP contribution in [0.2, 0.25) is 0 Å². The van der Waals surface area contributed by atoms with E-state index in [-0.39, 0.29) is 11.6 Å². The Bertz CT molecular complexity index is 143. The summed E-state index contributed by atoms with van der Waals surface area (Å²) in [4.78, 5) is 10.7. The molecule has 0 aliphatic carbocycles. The molecule has 10 heavy (non-hydrogen) atoms. The van der Waals surface area contributed by atoms with E-state index < -0.39 is 0 Å². The van der Waals surface area contributed by atoms with Crippen molar-refractivity contribution in [3.05, 3.63) is 0 Å². The van der Waals surface area contributed by atoms with Gasteiger partial charge in [0.15, 0.2) is 0 Å². The van der Waals surface area contributed by atoms with Gasteiger partial charge in [-0.2, -0.15) is 0 Å². The van der Waals surface area contributed by atoms with Gasteiger partial charge in [-0.15, -0.1) is 0 Å². The third-order valence-electron chi connectivity index (χ3n) is 1.15. The van der Waals surface area contributed by atoms with E-state index in [0.29, 0.717) is 6.42 Å². The third kappa shape index (κ3) is 3.06. The number of ketones is 1. The Hall–Kier alpha value is -1.06. The van der Waals surface area contributed by atoms with Crippen molar-refractivity contribution >= 4 is 11.6 Å². The van der Waals surface area contributed by atoms with Crippen molar-refractivity contribution in [3.8, 4) is 0 Å². The van der Waals surface area contributed by atoms with Gasteiger partial charge in [0.25, 0.3) is 0 Å². The number of carbonyl (C=O) groups excluding carboxylic acids is 1. The predicted molar refractivity (Wildman–Crippen MR) is 37.9 cm³/mol.